The number of carbonyl (C=O) groups excluding carboxylic acids is 1. The number of hydrogen-bond donors (Lipinski definition) is 2. The number of nitriles is 1. The fraction of sp³-hybridized carbons (Fsp3) is 0.600. The van der Waals surface area contributed by atoms with Crippen LogP contribution in [0.15, 0.2) is 11.6 Å². The van der Waals surface area contributed by atoms with E-state index in [0.717, 1.165) is 6.42 Å². The topological polar surface area (TPSA) is 73.1 Å². The van der Waals surface area contributed by atoms with E-state index >= 15 is 0 Å². The molecule has 0 aliphatic carbocycles. The third kappa shape index (κ3) is 4.06. The van der Waals surface area contributed by atoms with Crippen molar-refractivity contribution in [3.8, 4) is 6.07 Å². The Labute approximate surface area is 84.2 Å². The molecule has 78 valence electrons. The van der Waals surface area contributed by atoms with E-state index in [1.54, 1.807) is 13.0 Å². The summed E-state index contributed by atoms with van der Waals surface area (Å²) in [5, 5.41) is 20.1. The van der Waals surface area contributed by atoms with Crippen LogP contribution in [0.1, 0.15) is 26.7 Å². The van der Waals surface area contributed by atoms with Crippen molar-refractivity contribution in [2.75, 3.05) is 6.61 Å². The van der Waals surface area contributed by atoms with Crippen LogP contribution in [-0.4, -0.2) is 23.7 Å². The highest BCUT2D eigenvalue weighted by Crippen LogP contribution is 1.98. The van der Waals surface area contributed by atoms with Gasteiger partial charge in [-0.2, -0.15) is 5.26 Å². The number of allylic oxidation sites excluding steroid dienone is 1. The maximum absolute atomic E-state index is 11.3. The van der Waals surface area contributed by atoms with Crippen molar-refractivity contribution in [3.63, 3.8) is 0 Å². The van der Waals surface area contributed by atoms with Gasteiger partial charge in [-0.25, -0.2) is 0 Å². The van der Waals surface area contributed by atoms with Gasteiger partial charge in [0.1, 0.15) is 11.6 Å². The highest BCUT2D eigenvalue weighted by Gasteiger charge is 2.13. The Balaban J connectivity index is 4.23. The number of nitrogens with zero attached hydrogens (tertiary/aromatic N) is 1. The SMILES string of the molecule is C/C=C(\C#N)C(=O)NC(CO)CCC. The highest BCUT2D eigenvalue weighted by atomic mass is 16.3. The quantitative estimate of drug-likeness (QED) is 0.503. The molecular weight excluding hydrogens is 180 g/mol. The third-order valence-corrected chi connectivity index (χ3v) is 1.85. The normalized spacial score (nSPS) is 13.1. The van der Waals surface area contributed by atoms with Gasteiger partial charge in [-0.1, -0.05) is 19.4 Å². The zero-order valence-corrected chi connectivity index (χ0v) is 8.58. The van der Waals surface area contributed by atoms with Gasteiger partial charge >= 0.3 is 0 Å². The van der Waals surface area contributed by atoms with Gasteiger partial charge in [-0.3, -0.25) is 4.79 Å². The first-order chi connectivity index (χ1) is 6.69. The van der Waals surface area contributed by atoms with Crippen LogP contribution >= 0.6 is 0 Å². The van der Waals surface area contributed by atoms with Crippen LogP contribution in [0.2, 0.25) is 0 Å². The summed E-state index contributed by atoms with van der Waals surface area (Å²) in [6.45, 7) is 3.50. The summed E-state index contributed by atoms with van der Waals surface area (Å²) in [7, 11) is 0. The number of rotatable bonds is 5. The van der Waals surface area contributed by atoms with Gasteiger partial charge in [0, 0.05) is 0 Å². The van der Waals surface area contributed by atoms with Gasteiger partial charge in [-0.15, -0.1) is 0 Å². The third-order valence-electron chi connectivity index (χ3n) is 1.85. The van der Waals surface area contributed by atoms with Crippen LogP contribution in [-0.2, 0) is 4.79 Å². The van der Waals surface area contributed by atoms with E-state index in [1.165, 1.54) is 6.08 Å². The van der Waals surface area contributed by atoms with E-state index < -0.39 is 5.91 Å². The standard InChI is InChI=1S/C10H16N2O2/c1-3-5-9(7-13)12-10(14)8(4-2)6-11/h4,9,13H,3,5,7H2,1-2H3,(H,12,14)/b8-4+. The molecule has 0 aromatic rings. The number of nitrogens with one attached hydrogen (secondary N) is 1. The molecule has 0 aliphatic heterocycles. The van der Waals surface area contributed by atoms with E-state index in [4.69, 9.17) is 10.4 Å². The van der Waals surface area contributed by atoms with E-state index in [0.29, 0.717) is 6.42 Å². The highest BCUT2D eigenvalue weighted by molar-refractivity contribution is 5.97. The van der Waals surface area contributed by atoms with E-state index in [2.05, 4.69) is 5.32 Å². The number of amides is 1. The molecule has 1 amide bonds. The molecule has 0 bridgehead atoms. The molecule has 0 radical (unpaired) electrons. The van der Waals surface area contributed by atoms with E-state index in [1.807, 2.05) is 6.92 Å². The molecule has 0 saturated heterocycles. The van der Waals surface area contributed by atoms with Crippen LogP contribution in [0.5, 0.6) is 0 Å². The van der Waals surface area contributed by atoms with Crippen LogP contribution in [0.3, 0.4) is 0 Å². The second kappa shape index (κ2) is 7.10. The Morgan fingerprint density at radius 1 is 1.71 bits per heavy atom. The molecule has 14 heavy (non-hydrogen) atoms. The minimum Gasteiger partial charge on any atom is -0.394 e. The number of hydrogen-bond acceptors (Lipinski definition) is 3. The number of carbonyl (C=O) groups is 1. The Bertz CT molecular complexity index is 253. The largest absolute Gasteiger partial charge is 0.394 e. The lowest BCUT2D eigenvalue weighted by molar-refractivity contribution is -0.118. The molecule has 1 unspecified atom stereocenters. The van der Waals surface area contributed by atoms with Crippen LogP contribution in [0.4, 0.5) is 0 Å². The predicted octanol–water partition coefficient (Wildman–Crippen LogP) is 0.733. The first-order valence-corrected chi connectivity index (χ1v) is 4.67. The Morgan fingerprint density at radius 3 is 2.71 bits per heavy atom. The van der Waals surface area contributed by atoms with Crippen molar-refractivity contribution in [1.82, 2.24) is 5.32 Å². The van der Waals surface area contributed by atoms with Gasteiger partial charge in [0.2, 0.25) is 0 Å². The number of aliphatic hydroxyl groups is 1. The fourth-order valence-corrected chi connectivity index (χ4v) is 1.07. The first-order valence-electron chi connectivity index (χ1n) is 4.67. The van der Waals surface area contributed by atoms with Crippen molar-refractivity contribution in [2.24, 2.45) is 0 Å². The smallest absolute Gasteiger partial charge is 0.261 e. The second-order valence-electron chi connectivity index (χ2n) is 2.96. The van der Waals surface area contributed by atoms with Gasteiger partial charge in [0.15, 0.2) is 0 Å². The van der Waals surface area contributed by atoms with Crippen LogP contribution < -0.4 is 5.32 Å². The molecule has 2 N–H and O–H groups in total. The molecule has 0 heterocycles. The Kier molecular flexibility index (Phi) is 6.42. The predicted molar refractivity (Wildman–Crippen MR) is 53.3 cm³/mol. The van der Waals surface area contributed by atoms with Gasteiger partial charge in [0.25, 0.3) is 5.91 Å². The molecule has 0 rings (SSSR count). The summed E-state index contributed by atoms with van der Waals surface area (Å²) in [6, 6.07) is 1.54. The zero-order chi connectivity index (χ0) is 11.0. The lowest BCUT2D eigenvalue weighted by atomic mass is 10.1. The molecule has 0 aliphatic rings. The van der Waals surface area contributed by atoms with E-state index in [-0.39, 0.29) is 18.2 Å². The minimum atomic E-state index is -0.414. The van der Waals surface area contributed by atoms with Crippen molar-refractivity contribution >= 4 is 5.91 Å². The van der Waals surface area contributed by atoms with Crippen LogP contribution in [0, 0.1) is 11.3 Å². The van der Waals surface area contributed by atoms with Crippen molar-refractivity contribution in [2.45, 2.75) is 32.7 Å². The molecule has 0 fully saturated rings. The van der Waals surface area contributed by atoms with Gasteiger partial charge in [-0.05, 0) is 13.3 Å². The summed E-state index contributed by atoms with van der Waals surface area (Å²) < 4.78 is 0. The van der Waals surface area contributed by atoms with Gasteiger partial charge < -0.3 is 10.4 Å². The average Bonchev–Trinajstić information content (AvgIpc) is 2.19. The maximum Gasteiger partial charge on any atom is 0.261 e. The minimum absolute atomic E-state index is 0.0829. The molecule has 4 heteroatoms. The van der Waals surface area contributed by atoms with Crippen molar-refractivity contribution < 1.29 is 9.90 Å². The van der Waals surface area contributed by atoms with E-state index in [9.17, 15) is 4.79 Å². The number of aliphatic hydroxyl groups excluding tert-OH is 1. The molecule has 1 atom stereocenters. The Hall–Kier alpha value is -1.34. The summed E-state index contributed by atoms with van der Waals surface area (Å²) in [5.74, 6) is -0.414. The van der Waals surface area contributed by atoms with Gasteiger partial charge in [0.05, 0.1) is 12.6 Å². The molecule has 0 aromatic carbocycles. The molecule has 4 nitrogen and oxygen atoms in total. The second-order valence-corrected chi connectivity index (χ2v) is 2.96. The summed E-state index contributed by atoms with van der Waals surface area (Å²) in [6.07, 6.45) is 3.05. The zero-order valence-electron chi connectivity index (χ0n) is 8.58. The monoisotopic (exact) mass is 196 g/mol. The lowest BCUT2D eigenvalue weighted by Gasteiger charge is -2.14. The van der Waals surface area contributed by atoms with Crippen LogP contribution in [0.25, 0.3) is 0 Å². The molecule has 0 aromatic heterocycles. The molecule has 0 spiro atoms. The molecule has 0 saturated carbocycles. The summed E-state index contributed by atoms with van der Waals surface area (Å²) >= 11 is 0. The maximum atomic E-state index is 11.3. The average molecular weight is 196 g/mol. The van der Waals surface area contributed by atoms with Crippen molar-refractivity contribution in [1.29, 1.82) is 5.26 Å². The summed E-state index contributed by atoms with van der Waals surface area (Å²) in [5.41, 5.74) is 0.0829. The summed E-state index contributed by atoms with van der Waals surface area (Å²) in [4.78, 5) is 11.3. The van der Waals surface area contributed by atoms with Crippen molar-refractivity contribution in [3.05, 3.63) is 11.6 Å². The Morgan fingerprint density at radius 2 is 2.36 bits per heavy atom. The lowest BCUT2D eigenvalue weighted by Crippen LogP contribution is -2.37. The molecular formula is C10H16N2O2. The fourth-order valence-electron chi connectivity index (χ4n) is 1.07. The first kappa shape index (κ1) is 12.7.